The van der Waals surface area contributed by atoms with Gasteiger partial charge in [0, 0.05) is 42.2 Å². The van der Waals surface area contributed by atoms with E-state index in [4.69, 9.17) is 4.74 Å². The molecular formula is C20H25BrN2O5S. The number of carbonyl (C=O) groups excluding carboxylic acids is 2. The molecule has 0 bridgehead atoms. The summed E-state index contributed by atoms with van der Waals surface area (Å²) < 4.78 is 31.7. The first-order valence-electron chi connectivity index (χ1n) is 10.1. The number of anilines is 1. The average Bonchev–Trinajstić information content (AvgIpc) is 3.25. The topological polar surface area (TPSA) is 92.8 Å². The van der Waals surface area contributed by atoms with Crippen LogP contribution in [0.4, 0.5) is 5.69 Å². The van der Waals surface area contributed by atoms with E-state index in [0.29, 0.717) is 29.9 Å². The van der Waals surface area contributed by atoms with Gasteiger partial charge in [-0.05, 0) is 65.7 Å². The van der Waals surface area contributed by atoms with Crippen LogP contribution in [0.1, 0.15) is 37.7 Å². The summed E-state index contributed by atoms with van der Waals surface area (Å²) in [6.07, 6.45) is 4.36. The lowest BCUT2D eigenvalue weighted by atomic mass is 10.2. The Bertz CT molecular complexity index is 923. The third kappa shape index (κ3) is 4.67. The molecule has 1 aromatic carbocycles. The summed E-state index contributed by atoms with van der Waals surface area (Å²) in [5.41, 5.74) is 1.66. The minimum absolute atomic E-state index is 0.0244. The van der Waals surface area contributed by atoms with Crippen molar-refractivity contribution in [1.29, 1.82) is 0 Å². The zero-order valence-corrected chi connectivity index (χ0v) is 18.6. The van der Waals surface area contributed by atoms with Gasteiger partial charge in [0.25, 0.3) is 0 Å². The zero-order valence-electron chi connectivity index (χ0n) is 16.2. The maximum atomic E-state index is 12.9. The van der Waals surface area contributed by atoms with E-state index in [1.807, 2.05) is 0 Å². The normalized spacial score (nSPS) is 21.3. The Hall–Kier alpha value is -1.45. The molecule has 9 heteroatoms. The van der Waals surface area contributed by atoms with Gasteiger partial charge in [-0.25, -0.2) is 8.42 Å². The van der Waals surface area contributed by atoms with Gasteiger partial charge < -0.3 is 15.0 Å². The molecule has 29 heavy (non-hydrogen) atoms. The number of sulfone groups is 1. The van der Waals surface area contributed by atoms with Crippen molar-refractivity contribution in [2.75, 3.05) is 30.3 Å². The molecule has 3 aliphatic rings. The third-order valence-electron chi connectivity index (χ3n) is 5.71. The Morgan fingerprint density at radius 3 is 2.72 bits per heavy atom. The average molecular weight is 485 g/mol. The number of nitrogens with one attached hydrogen (secondary N) is 1. The van der Waals surface area contributed by atoms with E-state index in [1.54, 1.807) is 17.0 Å². The Labute approximate surface area is 179 Å². The van der Waals surface area contributed by atoms with Crippen molar-refractivity contribution in [2.24, 2.45) is 5.92 Å². The largest absolute Gasteiger partial charge is 0.376 e. The molecule has 7 nitrogen and oxygen atoms in total. The molecule has 1 saturated heterocycles. The van der Waals surface area contributed by atoms with E-state index < -0.39 is 9.84 Å². The van der Waals surface area contributed by atoms with Crippen molar-refractivity contribution in [2.45, 2.75) is 49.5 Å². The maximum Gasteiger partial charge on any atom is 0.230 e. The standard InChI is InChI=1S/C20H25BrN2O5S/c21-16-10-14-5-7-23(20(25)13-3-4-13)17(14)11-18(16)29(26,27)9-6-19(24)22-12-15-2-1-8-28-15/h10-11,13,15H,1-9,12H2,(H,22,24). The second kappa shape index (κ2) is 8.35. The monoisotopic (exact) mass is 484 g/mol. The first-order valence-corrected chi connectivity index (χ1v) is 12.5. The fraction of sp³-hybridized carbons (Fsp3) is 0.600. The first-order chi connectivity index (χ1) is 13.8. The molecular weight excluding hydrogens is 460 g/mol. The van der Waals surface area contributed by atoms with Gasteiger partial charge >= 0.3 is 0 Å². The molecule has 0 radical (unpaired) electrons. The molecule has 1 N–H and O–H groups in total. The predicted octanol–water partition coefficient (Wildman–Crippen LogP) is 2.21. The van der Waals surface area contributed by atoms with Crippen molar-refractivity contribution >= 4 is 43.3 Å². The molecule has 158 valence electrons. The van der Waals surface area contributed by atoms with Crippen molar-refractivity contribution in [3.05, 3.63) is 22.2 Å². The molecule has 1 atom stereocenters. The van der Waals surface area contributed by atoms with E-state index in [-0.39, 0.29) is 40.9 Å². The highest BCUT2D eigenvalue weighted by Gasteiger charge is 2.37. The second-order valence-corrected chi connectivity index (χ2v) is 10.9. The SMILES string of the molecule is O=C(CCS(=O)(=O)c1cc2c(cc1Br)CCN2C(=O)C1CC1)NCC1CCCO1. The second-order valence-electron chi connectivity index (χ2n) is 7.93. The Morgan fingerprint density at radius 2 is 2.03 bits per heavy atom. The molecule has 0 aromatic heterocycles. The van der Waals surface area contributed by atoms with Crippen LogP contribution >= 0.6 is 15.9 Å². The highest BCUT2D eigenvalue weighted by Crippen LogP contribution is 2.39. The van der Waals surface area contributed by atoms with Crippen LogP contribution < -0.4 is 10.2 Å². The molecule has 2 amide bonds. The molecule has 1 unspecified atom stereocenters. The van der Waals surface area contributed by atoms with Crippen LogP contribution in [0.15, 0.2) is 21.5 Å². The molecule has 2 fully saturated rings. The Kier molecular flexibility index (Phi) is 5.99. The summed E-state index contributed by atoms with van der Waals surface area (Å²) in [5.74, 6) is -0.412. The number of nitrogens with zero attached hydrogens (tertiary/aromatic N) is 1. The number of amides is 2. The van der Waals surface area contributed by atoms with Crippen LogP contribution in [0.5, 0.6) is 0 Å². The molecule has 4 rings (SSSR count). The van der Waals surface area contributed by atoms with Gasteiger partial charge in [-0.3, -0.25) is 9.59 Å². The molecule has 1 aromatic rings. The number of fused-ring (bicyclic) bond motifs is 1. The lowest BCUT2D eigenvalue weighted by Crippen LogP contribution is -2.32. The van der Waals surface area contributed by atoms with Crippen LogP contribution in [-0.4, -0.2) is 51.8 Å². The van der Waals surface area contributed by atoms with Crippen LogP contribution in [0.25, 0.3) is 0 Å². The smallest absolute Gasteiger partial charge is 0.230 e. The quantitative estimate of drug-likeness (QED) is 0.640. The number of hydrogen-bond donors (Lipinski definition) is 1. The van der Waals surface area contributed by atoms with E-state index in [0.717, 1.165) is 37.7 Å². The minimum atomic E-state index is -3.68. The molecule has 1 aliphatic carbocycles. The van der Waals surface area contributed by atoms with Gasteiger partial charge in [0.05, 0.1) is 16.8 Å². The van der Waals surface area contributed by atoms with E-state index in [1.165, 1.54) is 0 Å². The number of hydrogen-bond acceptors (Lipinski definition) is 5. The maximum absolute atomic E-state index is 12.9. The number of rotatable bonds is 7. The number of ether oxygens (including phenoxy) is 1. The van der Waals surface area contributed by atoms with Crippen molar-refractivity contribution < 1.29 is 22.7 Å². The summed E-state index contributed by atoms with van der Waals surface area (Å²) in [6.45, 7) is 1.72. The van der Waals surface area contributed by atoms with Crippen LogP contribution in [0, 0.1) is 5.92 Å². The van der Waals surface area contributed by atoms with Gasteiger partial charge in [0.15, 0.2) is 9.84 Å². The number of benzene rings is 1. The van der Waals surface area contributed by atoms with E-state index in [9.17, 15) is 18.0 Å². The zero-order chi connectivity index (χ0) is 20.6. The summed E-state index contributed by atoms with van der Waals surface area (Å²) in [4.78, 5) is 26.4. The van der Waals surface area contributed by atoms with Crippen molar-refractivity contribution in [3.63, 3.8) is 0 Å². The summed E-state index contributed by atoms with van der Waals surface area (Å²) >= 11 is 3.37. The fourth-order valence-corrected chi connectivity index (χ4v) is 6.32. The minimum Gasteiger partial charge on any atom is -0.376 e. The lowest BCUT2D eigenvalue weighted by Gasteiger charge is -2.18. The highest BCUT2D eigenvalue weighted by molar-refractivity contribution is 9.10. The number of halogens is 1. The summed E-state index contributed by atoms with van der Waals surface area (Å²) in [7, 11) is -3.68. The van der Waals surface area contributed by atoms with Gasteiger partial charge in [-0.15, -0.1) is 0 Å². The van der Waals surface area contributed by atoms with Crippen LogP contribution in [0.3, 0.4) is 0 Å². The predicted molar refractivity (Wildman–Crippen MR) is 112 cm³/mol. The van der Waals surface area contributed by atoms with Crippen LogP contribution in [-0.2, 0) is 30.6 Å². The van der Waals surface area contributed by atoms with Crippen molar-refractivity contribution in [3.8, 4) is 0 Å². The Morgan fingerprint density at radius 1 is 1.24 bits per heavy atom. The van der Waals surface area contributed by atoms with E-state index >= 15 is 0 Å². The van der Waals surface area contributed by atoms with E-state index in [2.05, 4.69) is 21.2 Å². The molecule has 2 heterocycles. The summed E-state index contributed by atoms with van der Waals surface area (Å²) in [6, 6.07) is 3.38. The third-order valence-corrected chi connectivity index (χ3v) is 8.37. The van der Waals surface area contributed by atoms with Crippen LogP contribution in [0.2, 0.25) is 0 Å². The van der Waals surface area contributed by atoms with Gasteiger partial charge in [-0.2, -0.15) is 0 Å². The summed E-state index contributed by atoms with van der Waals surface area (Å²) in [5, 5.41) is 2.75. The molecule has 2 aliphatic heterocycles. The molecule has 0 spiro atoms. The fourth-order valence-electron chi connectivity index (χ4n) is 3.86. The van der Waals surface area contributed by atoms with Gasteiger partial charge in [-0.1, -0.05) is 0 Å². The highest BCUT2D eigenvalue weighted by atomic mass is 79.9. The number of carbonyl (C=O) groups is 2. The lowest BCUT2D eigenvalue weighted by molar-refractivity contribution is -0.121. The Balaban J connectivity index is 1.43. The molecule has 1 saturated carbocycles. The first kappa shape index (κ1) is 20.8. The van der Waals surface area contributed by atoms with Gasteiger partial charge in [0.2, 0.25) is 11.8 Å². The van der Waals surface area contributed by atoms with Crippen molar-refractivity contribution in [1.82, 2.24) is 5.32 Å². The van der Waals surface area contributed by atoms with Gasteiger partial charge in [0.1, 0.15) is 0 Å².